The van der Waals surface area contributed by atoms with Crippen LogP contribution in [0, 0.1) is 11.8 Å². The lowest BCUT2D eigenvalue weighted by Gasteiger charge is -2.34. The number of rotatable bonds is 11. The van der Waals surface area contributed by atoms with Gasteiger partial charge in [0.2, 0.25) is 17.7 Å². The first-order valence-electron chi connectivity index (χ1n) is 13.4. The van der Waals surface area contributed by atoms with E-state index < -0.39 is 22.6 Å². The molecule has 5 atom stereocenters. The fourth-order valence-electron chi connectivity index (χ4n) is 6.30. The average Bonchev–Trinajstić information content (AvgIpc) is 3.57. The van der Waals surface area contributed by atoms with Crippen LogP contribution < -0.4 is 15.4 Å². The smallest absolute Gasteiger partial charge is 0.244 e. The number of unbranched alkanes of at least 4 members (excludes halogenated alkanes) is 1. The highest BCUT2D eigenvalue weighted by molar-refractivity contribution is 8.02. The van der Waals surface area contributed by atoms with E-state index in [9.17, 15) is 19.5 Å². The van der Waals surface area contributed by atoms with Gasteiger partial charge in [0.1, 0.15) is 11.8 Å². The van der Waals surface area contributed by atoms with Gasteiger partial charge < -0.3 is 25.4 Å². The van der Waals surface area contributed by atoms with E-state index in [2.05, 4.69) is 10.6 Å². The number of thioether (sulfide) groups is 1. The summed E-state index contributed by atoms with van der Waals surface area (Å²) in [6, 6.07) is 16.3. The number of likely N-dealkylation sites (tertiary alicyclic amines) is 1. The Morgan fingerprint density at radius 1 is 1.11 bits per heavy atom. The average molecular weight is 538 g/mol. The fraction of sp³-hybridized carbons (Fsp3) is 0.483. The van der Waals surface area contributed by atoms with E-state index in [-0.39, 0.29) is 29.6 Å². The van der Waals surface area contributed by atoms with E-state index in [1.165, 1.54) is 0 Å². The first-order chi connectivity index (χ1) is 18.5. The number of carbonyl (C=O) groups excluding carboxylic acids is 3. The maximum absolute atomic E-state index is 13.9. The molecule has 2 aromatic carbocycles. The summed E-state index contributed by atoms with van der Waals surface area (Å²) in [4.78, 5) is 42.9. The number of nitrogens with one attached hydrogen (secondary N) is 2. The Labute approximate surface area is 227 Å². The first kappa shape index (κ1) is 26.6. The molecule has 0 saturated carbocycles. The number of fused-ring (bicyclic) bond motifs is 1. The molecule has 0 aromatic heterocycles. The van der Waals surface area contributed by atoms with Crippen molar-refractivity contribution < 1.29 is 24.2 Å². The molecule has 2 unspecified atom stereocenters. The molecule has 1 spiro atoms. The summed E-state index contributed by atoms with van der Waals surface area (Å²) < 4.78 is 4.87. The number of benzene rings is 2. The third-order valence-electron chi connectivity index (χ3n) is 7.90. The number of ether oxygens (including phenoxy) is 1. The number of aliphatic hydroxyl groups excluding tert-OH is 1. The Balaban J connectivity index is 1.37. The summed E-state index contributed by atoms with van der Waals surface area (Å²) >= 11 is 1.66. The number of nitrogens with zero attached hydrogens (tertiary/aromatic N) is 1. The van der Waals surface area contributed by atoms with Crippen molar-refractivity contribution in [1.29, 1.82) is 0 Å². The third-order valence-corrected chi connectivity index (χ3v) is 9.85. The minimum Gasteiger partial charge on any atom is -0.494 e. The van der Waals surface area contributed by atoms with Gasteiger partial charge in [-0.3, -0.25) is 14.4 Å². The van der Waals surface area contributed by atoms with E-state index in [1.807, 2.05) is 49.4 Å². The van der Waals surface area contributed by atoms with Crippen molar-refractivity contribution in [1.82, 2.24) is 10.2 Å². The second-order valence-corrected chi connectivity index (χ2v) is 11.8. The minimum atomic E-state index is -0.638. The van der Waals surface area contributed by atoms with Crippen LogP contribution in [0.4, 0.5) is 5.69 Å². The number of anilines is 1. The van der Waals surface area contributed by atoms with Gasteiger partial charge >= 0.3 is 0 Å². The van der Waals surface area contributed by atoms with Crippen molar-refractivity contribution in [2.75, 3.05) is 25.1 Å². The Kier molecular flexibility index (Phi) is 7.95. The molecule has 0 radical (unpaired) electrons. The van der Waals surface area contributed by atoms with Gasteiger partial charge in [0, 0.05) is 30.6 Å². The van der Waals surface area contributed by atoms with E-state index in [4.69, 9.17) is 4.74 Å². The normalized spacial score (nSPS) is 27.3. The summed E-state index contributed by atoms with van der Waals surface area (Å²) in [5, 5.41) is 15.4. The molecule has 0 aliphatic carbocycles. The molecular weight excluding hydrogens is 502 g/mol. The van der Waals surface area contributed by atoms with Crippen LogP contribution in [-0.2, 0) is 20.9 Å². The molecule has 9 heteroatoms. The predicted octanol–water partition coefficient (Wildman–Crippen LogP) is 3.20. The Morgan fingerprint density at radius 2 is 1.87 bits per heavy atom. The molecule has 3 heterocycles. The van der Waals surface area contributed by atoms with Crippen LogP contribution in [0.3, 0.4) is 0 Å². The van der Waals surface area contributed by atoms with Crippen LogP contribution in [0.1, 0.15) is 38.2 Å². The zero-order valence-corrected chi connectivity index (χ0v) is 22.4. The van der Waals surface area contributed by atoms with E-state index >= 15 is 0 Å². The zero-order chi connectivity index (χ0) is 26.7. The van der Waals surface area contributed by atoms with Crippen molar-refractivity contribution in [2.45, 2.75) is 55.2 Å². The Morgan fingerprint density at radius 3 is 2.58 bits per heavy atom. The minimum absolute atomic E-state index is 0.00402. The largest absolute Gasteiger partial charge is 0.494 e. The Hall–Kier alpha value is -3.04. The predicted molar refractivity (Wildman–Crippen MR) is 147 cm³/mol. The summed E-state index contributed by atoms with van der Waals surface area (Å²) in [5.74, 6) is -0.782. The first-order valence-corrected chi connectivity index (χ1v) is 14.3. The lowest BCUT2D eigenvalue weighted by molar-refractivity contribution is -0.139. The van der Waals surface area contributed by atoms with Gasteiger partial charge in [-0.25, -0.2) is 0 Å². The third kappa shape index (κ3) is 4.89. The van der Waals surface area contributed by atoms with Crippen LogP contribution in [0.15, 0.2) is 54.6 Å². The zero-order valence-electron chi connectivity index (χ0n) is 21.6. The number of hydrogen-bond acceptors (Lipinski definition) is 6. The SMILES string of the molecule is CCOc1ccc(NC(=O)[C@@H]2[C@H]3C(=O)N(CCCCO)C(C(=O)NCc4ccccc4)C34CC[C@H]2S4)cc1. The van der Waals surface area contributed by atoms with Crippen LogP contribution >= 0.6 is 11.8 Å². The molecule has 38 heavy (non-hydrogen) atoms. The number of hydrogen-bond donors (Lipinski definition) is 3. The highest BCUT2D eigenvalue weighted by Crippen LogP contribution is 2.66. The molecule has 202 valence electrons. The number of aliphatic hydroxyl groups is 1. The highest BCUT2D eigenvalue weighted by atomic mass is 32.2. The second kappa shape index (κ2) is 11.4. The highest BCUT2D eigenvalue weighted by Gasteiger charge is 2.73. The van der Waals surface area contributed by atoms with Crippen molar-refractivity contribution in [3.63, 3.8) is 0 Å². The molecule has 3 saturated heterocycles. The molecule has 3 aliphatic rings. The van der Waals surface area contributed by atoms with Gasteiger partial charge in [0.15, 0.2) is 0 Å². The maximum atomic E-state index is 13.9. The van der Waals surface area contributed by atoms with Crippen molar-refractivity contribution in [3.8, 4) is 5.75 Å². The summed E-state index contributed by atoms with van der Waals surface area (Å²) in [6.45, 7) is 3.28. The molecule has 3 amide bonds. The van der Waals surface area contributed by atoms with Crippen molar-refractivity contribution in [2.24, 2.45) is 11.8 Å². The topological polar surface area (TPSA) is 108 Å². The number of amides is 3. The van der Waals surface area contributed by atoms with E-state index in [0.717, 1.165) is 24.2 Å². The monoisotopic (exact) mass is 537 g/mol. The van der Waals surface area contributed by atoms with Gasteiger partial charge in [-0.2, -0.15) is 0 Å². The quantitative estimate of drug-likeness (QED) is 0.380. The van der Waals surface area contributed by atoms with E-state index in [0.29, 0.717) is 38.2 Å². The van der Waals surface area contributed by atoms with Crippen molar-refractivity contribution in [3.05, 3.63) is 60.2 Å². The second-order valence-electron chi connectivity index (χ2n) is 10.2. The van der Waals surface area contributed by atoms with E-state index in [1.54, 1.807) is 28.8 Å². The molecular formula is C29H35N3O5S. The van der Waals surface area contributed by atoms with Gasteiger partial charge in [-0.1, -0.05) is 30.3 Å². The van der Waals surface area contributed by atoms with Crippen LogP contribution in [-0.4, -0.2) is 63.5 Å². The molecule has 3 N–H and O–H groups in total. The molecule has 2 aromatic rings. The lowest BCUT2D eigenvalue weighted by atomic mass is 9.70. The fourth-order valence-corrected chi connectivity index (χ4v) is 8.52. The van der Waals surface area contributed by atoms with Gasteiger partial charge in [-0.15, -0.1) is 11.8 Å². The molecule has 8 nitrogen and oxygen atoms in total. The van der Waals surface area contributed by atoms with Gasteiger partial charge in [-0.05, 0) is 62.4 Å². The molecule has 2 bridgehead atoms. The molecule has 5 rings (SSSR count). The summed E-state index contributed by atoms with van der Waals surface area (Å²) in [7, 11) is 0. The van der Waals surface area contributed by atoms with Crippen LogP contribution in [0.25, 0.3) is 0 Å². The molecule has 3 fully saturated rings. The molecule has 3 aliphatic heterocycles. The maximum Gasteiger partial charge on any atom is 0.244 e. The Bertz CT molecular complexity index is 1160. The van der Waals surface area contributed by atoms with Crippen LogP contribution in [0.2, 0.25) is 0 Å². The van der Waals surface area contributed by atoms with Crippen LogP contribution in [0.5, 0.6) is 5.75 Å². The summed E-state index contributed by atoms with van der Waals surface area (Å²) in [6.07, 6.45) is 2.68. The van der Waals surface area contributed by atoms with Gasteiger partial charge in [0.05, 0.1) is 23.2 Å². The standard InChI is InChI=1S/C29H35N3O5S/c1-2-37-21-12-10-20(11-13-21)31-26(34)23-22-14-15-29(38-22)24(23)28(36)32(16-6-7-17-33)25(29)27(35)30-18-19-8-4-3-5-9-19/h3-5,8-13,22-25,33H,2,6-7,14-18H2,1H3,(H,30,35)(H,31,34)/t22-,23+,24+,25?,29?/m1/s1. The lowest BCUT2D eigenvalue weighted by Crippen LogP contribution is -2.53. The number of carbonyl (C=O) groups is 3. The summed E-state index contributed by atoms with van der Waals surface area (Å²) in [5.41, 5.74) is 1.64. The van der Waals surface area contributed by atoms with Gasteiger partial charge in [0.25, 0.3) is 0 Å². The van der Waals surface area contributed by atoms with Crippen molar-refractivity contribution >= 4 is 35.2 Å².